The summed E-state index contributed by atoms with van der Waals surface area (Å²) in [6.07, 6.45) is 2.92. The number of oxime groups is 1. The molecule has 0 saturated carbocycles. The molecular formula is C10H20N2O3S. The van der Waals surface area contributed by atoms with Crippen LogP contribution >= 0.6 is 0 Å². The Morgan fingerprint density at radius 2 is 2.25 bits per heavy atom. The van der Waals surface area contributed by atoms with Crippen molar-refractivity contribution in [3.8, 4) is 0 Å². The molecule has 1 atom stereocenters. The smallest absolute Gasteiger partial charge is 0.148 e. The molecule has 1 aliphatic rings. The van der Waals surface area contributed by atoms with Crippen LogP contribution in [-0.2, 0) is 9.84 Å². The summed E-state index contributed by atoms with van der Waals surface area (Å²) in [6.45, 7) is 4.21. The topological polar surface area (TPSA) is 70.0 Å². The van der Waals surface area contributed by atoms with E-state index in [2.05, 4.69) is 17.0 Å². The van der Waals surface area contributed by atoms with E-state index in [-0.39, 0.29) is 11.7 Å². The molecule has 0 aliphatic carbocycles. The van der Waals surface area contributed by atoms with E-state index in [9.17, 15) is 8.42 Å². The quantitative estimate of drug-likeness (QED) is 0.584. The number of sulfone groups is 1. The van der Waals surface area contributed by atoms with Gasteiger partial charge in [0.25, 0.3) is 0 Å². The Bertz CT molecular complexity index is 351. The van der Waals surface area contributed by atoms with Crippen molar-refractivity contribution >= 4 is 15.5 Å². The summed E-state index contributed by atoms with van der Waals surface area (Å²) in [5.74, 6) is 0.466. The van der Waals surface area contributed by atoms with Crippen LogP contribution in [0.25, 0.3) is 0 Å². The van der Waals surface area contributed by atoms with Crippen molar-refractivity contribution in [1.29, 1.82) is 0 Å². The molecule has 0 spiro atoms. The zero-order valence-electron chi connectivity index (χ0n) is 9.89. The fraction of sp³-hybridized carbons (Fsp3) is 0.900. The highest BCUT2D eigenvalue weighted by Crippen LogP contribution is 2.17. The van der Waals surface area contributed by atoms with Crippen LogP contribution in [0.5, 0.6) is 0 Å². The van der Waals surface area contributed by atoms with E-state index in [0.717, 1.165) is 31.6 Å². The van der Waals surface area contributed by atoms with E-state index in [1.54, 1.807) is 0 Å². The number of hydrogen-bond acceptors (Lipinski definition) is 5. The third kappa shape index (κ3) is 4.09. The van der Waals surface area contributed by atoms with E-state index in [4.69, 9.17) is 5.21 Å². The summed E-state index contributed by atoms with van der Waals surface area (Å²) >= 11 is 0. The first-order chi connectivity index (χ1) is 7.46. The number of rotatable bonds is 4. The molecule has 5 nitrogen and oxygen atoms in total. The van der Waals surface area contributed by atoms with Crippen LogP contribution in [0.15, 0.2) is 5.16 Å². The SMILES string of the molecule is CCC1CN(CCS(C)(=O)=O)CCC1=NO. The number of nitrogens with zero attached hydrogens (tertiary/aromatic N) is 2. The molecule has 0 bridgehead atoms. The summed E-state index contributed by atoms with van der Waals surface area (Å²) in [6, 6.07) is 0. The molecule has 0 aromatic rings. The normalized spacial score (nSPS) is 26.1. The zero-order chi connectivity index (χ0) is 12.2. The Labute approximate surface area is 97.0 Å². The maximum atomic E-state index is 11.1. The lowest BCUT2D eigenvalue weighted by molar-refractivity contribution is 0.238. The molecule has 6 heteroatoms. The van der Waals surface area contributed by atoms with Gasteiger partial charge in [-0.15, -0.1) is 0 Å². The highest BCUT2D eigenvalue weighted by Gasteiger charge is 2.24. The summed E-state index contributed by atoms with van der Waals surface area (Å²) in [5.41, 5.74) is 0.845. The molecule has 1 fully saturated rings. The van der Waals surface area contributed by atoms with Gasteiger partial charge in [0.1, 0.15) is 9.84 Å². The summed E-state index contributed by atoms with van der Waals surface area (Å²) in [4.78, 5) is 2.13. The van der Waals surface area contributed by atoms with Gasteiger partial charge in [-0.3, -0.25) is 0 Å². The first-order valence-electron chi connectivity index (χ1n) is 5.57. The second kappa shape index (κ2) is 5.63. The minimum Gasteiger partial charge on any atom is -0.411 e. The summed E-state index contributed by atoms with van der Waals surface area (Å²) in [7, 11) is -2.89. The van der Waals surface area contributed by atoms with E-state index in [1.165, 1.54) is 6.26 Å². The standard InChI is InChI=1S/C10H20N2O3S/c1-3-9-8-12(5-4-10(9)11-13)6-7-16(2,14)15/h9,13H,3-8H2,1-2H3. The van der Waals surface area contributed by atoms with Gasteiger partial charge in [0, 0.05) is 38.2 Å². The second-order valence-corrected chi connectivity index (χ2v) is 6.64. The third-order valence-electron chi connectivity index (χ3n) is 3.03. The molecule has 1 heterocycles. The van der Waals surface area contributed by atoms with Gasteiger partial charge in [0.05, 0.1) is 11.5 Å². The van der Waals surface area contributed by atoms with Gasteiger partial charge >= 0.3 is 0 Å². The van der Waals surface area contributed by atoms with Crippen molar-refractivity contribution in [3.63, 3.8) is 0 Å². The fourth-order valence-corrected chi connectivity index (χ4v) is 2.57. The predicted molar refractivity (Wildman–Crippen MR) is 63.8 cm³/mol. The van der Waals surface area contributed by atoms with E-state index >= 15 is 0 Å². The molecule has 1 saturated heterocycles. The van der Waals surface area contributed by atoms with Gasteiger partial charge in [-0.1, -0.05) is 12.1 Å². The van der Waals surface area contributed by atoms with Crippen LogP contribution in [0.2, 0.25) is 0 Å². The minimum absolute atomic E-state index is 0.203. The van der Waals surface area contributed by atoms with Crippen LogP contribution in [-0.4, -0.2) is 55.9 Å². The molecule has 16 heavy (non-hydrogen) atoms. The van der Waals surface area contributed by atoms with Gasteiger partial charge in [0.2, 0.25) is 0 Å². The third-order valence-corrected chi connectivity index (χ3v) is 3.96. The lowest BCUT2D eigenvalue weighted by atomic mass is 9.93. The van der Waals surface area contributed by atoms with Gasteiger partial charge in [-0.25, -0.2) is 8.42 Å². The molecule has 0 amide bonds. The maximum absolute atomic E-state index is 11.1. The fourth-order valence-electron chi connectivity index (χ4n) is 1.98. The second-order valence-electron chi connectivity index (χ2n) is 4.38. The molecule has 0 aromatic carbocycles. The summed E-state index contributed by atoms with van der Waals surface area (Å²) in [5, 5.41) is 12.1. The van der Waals surface area contributed by atoms with Gasteiger partial charge in [-0.2, -0.15) is 0 Å². The average Bonchev–Trinajstić information content (AvgIpc) is 2.25. The Kier molecular flexibility index (Phi) is 4.73. The van der Waals surface area contributed by atoms with Crippen LogP contribution in [0.4, 0.5) is 0 Å². The van der Waals surface area contributed by atoms with Crippen LogP contribution in [0.1, 0.15) is 19.8 Å². The summed E-state index contributed by atoms with van der Waals surface area (Å²) < 4.78 is 22.1. The number of hydrogen-bond donors (Lipinski definition) is 1. The first kappa shape index (κ1) is 13.4. The lowest BCUT2D eigenvalue weighted by Gasteiger charge is -2.32. The lowest BCUT2D eigenvalue weighted by Crippen LogP contribution is -2.42. The van der Waals surface area contributed by atoms with Crippen molar-refractivity contribution in [2.24, 2.45) is 11.1 Å². The zero-order valence-corrected chi connectivity index (χ0v) is 10.7. The molecule has 0 aromatic heterocycles. The molecule has 0 radical (unpaired) electrons. The van der Waals surface area contributed by atoms with Crippen molar-refractivity contribution in [2.45, 2.75) is 19.8 Å². The van der Waals surface area contributed by atoms with Gasteiger partial charge < -0.3 is 10.1 Å². The largest absolute Gasteiger partial charge is 0.411 e. The Hall–Kier alpha value is -0.620. The predicted octanol–water partition coefficient (Wildman–Crippen LogP) is 0.593. The molecule has 1 unspecified atom stereocenters. The average molecular weight is 248 g/mol. The molecule has 94 valence electrons. The Morgan fingerprint density at radius 3 is 2.75 bits per heavy atom. The van der Waals surface area contributed by atoms with Crippen LogP contribution in [0.3, 0.4) is 0 Å². The monoisotopic (exact) mass is 248 g/mol. The molecular weight excluding hydrogens is 228 g/mol. The molecule has 1 rings (SSSR count). The molecule has 1 N–H and O–H groups in total. The van der Waals surface area contributed by atoms with Crippen molar-refractivity contribution < 1.29 is 13.6 Å². The van der Waals surface area contributed by atoms with E-state index in [1.807, 2.05) is 0 Å². The highest BCUT2D eigenvalue weighted by atomic mass is 32.2. The minimum atomic E-state index is -2.89. The maximum Gasteiger partial charge on any atom is 0.148 e. The Morgan fingerprint density at radius 1 is 1.56 bits per heavy atom. The van der Waals surface area contributed by atoms with E-state index < -0.39 is 9.84 Å². The van der Waals surface area contributed by atoms with Crippen molar-refractivity contribution in [1.82, 2.24) is 4.90 Å². The van der Waals surface area contributed by atoms with Gasteiger partial charge in [-0.05, 0) is 6.42 Å². The Balaban J connectivity index is 2.48. The van der Waals surface area contributed by atoms with Crippen molar-refractivity contribution in [3.05, 3.63) is 0 Å². The highest BCUT2D eigenvalue weighted by molar-refractivity contribution is 7.90. The first-order valence-corrected chi connectivity index (χ1v) is 7.63. The van der Waals surface area contributed by atoms with Crippen LogP contribution < -0.4 is 0 Å². The molecule has 1 aliphatic heterocycles. The number of piperidine rings is 1. The van der Waals surface area contributed by atoms with Crippen LogP contribution in [0, 0.1) is 5.92 Å². The van der Waals surface area contributed by atoms with Gasteiger partial charge in [0.15, 0.2) is 0 Å². The van der Waals surface area contributed by atoms with E-state index in [0.29, 0.717) is 6.54 Å². The van der Waals surface area contributed by atoms with Crippen molar-refractivity contribution in [2.75, 3.05) is 31.6 Å². The number of likely N-dealkylation sites (tertiary alicyclic amines) is 1.